The molecule has 0 amide bonds. The highest BCUT2D eigenvalue weighted by atomic mass is 35.5. The maximum atomic E-state index is 5.17. The number of hydrogen-bond donors (Lipinski definition) is 2. The van der Waals surface area contributed by atoms with Crippen LogP contribution in [0.25, 0.3) is 0 Å². The van der Waals surface area contributed by atoms with Crippen molar-refractivity contribution in [3.8, 4) is 0 Å². The molecule has 0 aliphatic rings. The minimum absolute atomic E-state index is 0. The van der Waals surface area contributed by atoms with Crippen molar-refractivity contribution >= 4 is 12.4 Å². The first-order valence-corrected chi connectivity index (χ1v) is 3.20. The number of nitrogens with one attached hydrogen (secondary N) is 1. The van der Waals surface area contributed by atoms with Crippen molar-refractivity contribution < 1.29 is 0 Å². The highest BCUT2D eigenvalue weighted by Crippen LogP contribution is 1.96. The van der Waals surface area contributed by atoms with E-state index in [0.717, 1.165) is 17.9 Å². The van der Waals surface area contributed by atoms with Crippen LogP contribution in [-0.2, 0) is 6.42 Å². The van der Waals surface area contributed by atoms with Gasteiger partial charge in [-0.05, 0) is 13.1 Å². The molecule has 0 atom stereocenters. The van der Waals surface area contributed by atoms with Gasteiger partial charge in [0.1, 0.15) is 5.82 Å². The Labute approximate surface area is 72.1 Å². The maximum Gasteiger partial charge on any atom is 0.103 e. The fourth-order valence-electron chi connectivity index (χ4n) is 0.770. The van der Waals surface area contributed by atoms with Gasteiger partial charge in [0.05, 0.1) is 0 Å². The van der Waals surface area contributed by atoms with Crippen LogP contribution < -0.4 is 5.73 Å². The van der Waals surface area contributed by atoms with Gasteiger partial charge in [-0.25, -0.2) is 4.98 Å². The van der Waals surface area contributed by atoms with Gasteiger partial charge in [0.25, 0.3) is 0 Å². The van der Waals surface area contributed by atoms with Gasteiger partial charge in [-0.1, -0.05) is 6.08 Å². The summed E-state index contributed by atoms with van der Waals surface area (Å²) in [5, 5.41) is 0. The second-order valence-electron chi connectivity index (χ2n) is 2.13. The Morgan fingerprint density at radius 2 is 2.45 bits per heavy atom. The molecule has 1 rings (SSSR count). The van der Waals surface area contributed by atoms with E-state index in [2.05, 4.69) is 9.97 Å². The number of halogens is 1. The molecule has 11 heavy (non-hydrogen) atoms. The Morgan fingerprint density at radius 3 is 2.91 bits per heavy atom. The lowest BCUT2D eigenvalue weighted by Gasteiger charge is -1.85. The summed E-state index contributed by atoms with van der Waals surface area (Å²) in [6.07, 6.45) is 6.07. The topological polar surface area (TPSA) is 54.7 Å². The Balaban J connectivity index is 0.000001000. The second kappa shape index (κ2) is 4.79. The van der Waals surface area contributed by atoms with Gasteiger partial charge in [0.15, 0.2) is 0 Å². The normalized spacial score (nSPS) is 9.91. The molecule has 0 saturated heterocycles. The molecule has 0 spiro atoms. The first-order valence-electron chi connectivity index (χ1n) is 3.20. The van der Waals surface area contributed by atoms with Crippen molar-refractivity contribution in [2.45, 2.75) is 13.3 Å². The number of allylic oxidation sites excluding steroid dienone is 1. The molecule has 62 valence electrons. The van der Waals surface area contributed by atoms with Gasteiger partial charge in [0, 0.05) is 18.3 Å². The van der Waals surface area contributed by atoms with E-state index in [1.54, 1.807) is 0 Å². The Morgan fingerprint density at radius 1 is 1.73 bits per heavy atom. The average molecular weight is 174 g/mol. The lowest BCUT2D eigenvalue weighted by Crippen LogP contribution is -1.83. The van der Waals surface area contributed by atoms with Crippen molar-refractivity contribution in [1.82, 2.24) is 9.97 Å². The summed E-state index contributed by atoms with van der Waals surface area (Å²) in [4.78, 5) is 7.13. The average Bonchev–Trinajstić information content (AvgIpc) is 2.31. The molecule has 3 N–H and O–H groups in total. The predicted octanol–water partition coefficient (Wildman–Crippen LogP) is 1.15. The number of hydrogen-bond acceptors (Lipinski definition) is 2. The number of H-pyrrole nitrogens is 1. The zero-order chi connectivity index (χ0) is 7.40. The number of nitrogens with zero attached hydrogens (tertiary/aromatic N) is 1. The van der Waals surface area contributed by atoms with E-state index in [0.29, 0.717) is 0 Å². The number of aromatic nitrogens is 2. The first-order chi connectivity index (χ1) is 4.83. The molecule has 0 saturated carbocycles. The SMILES string of the molecule is Cc1ncc(CC=CN)[nH]1.Cl. The summed E-state index contributed by atoms with van der Waals surface area (Å²) >= 11 is 0. The van der Waals surface area contributed by atoms with Crippen LogP contribution in [0.15, 0.2) is 18.5 Å². The molecule has 0 aliphatic heterocycles. The molecule has 0 bridgehead atoms. The smallest absolute Gasteiger partial charge is 0.103 e. The summed E-state index contributed by atoms with van der Waals surface area (Å²) in [6.45, 7) is 1.93. The van der Waals surface area contributed by atoms with Crippen molar-refractivity contribution in [3.05, 3.63) is 30.0 Å². The number of rotatable bonds is 2. The lowest BCUT2D eigenvalue weighted by molar-refractivity contribution is 1.09. The molecule has 1 aromatic rings. The van der Waals surface area contributed by atoms with E-state index in [4.69, 9.17) is 5.73 Å². The Bertz CT molecular complexity index is 229. The van der Waals surface area contributed by atoms with Gasteiger partial charge < -0.3 is 10.7 Å². The van der Waals surface area contributed by atoms with Crippen molar-refractivity contribution in [3.63, 3.8) is 0 Å². The van der Waals surface area contributed by atoms with Gasteiger partial charge in [-0.15, -0.1) is 12.4 Å². The number of imidazole rings is 1. The molecule has 0 fully saturated rings. The summed E-state index contributed by atoms with van der Waals surface area (Å²) in [7, 11) is 0. The summed E-state index contributed by atoms with van der Waals surface area (Å²) < 4.78 is 0. The van der Waals surface area contributed by atoms with E-state index >= 15 is 0 Å². The summed E-state index contributed by atoms with van der Waals surface area (Å²) in [5.41, 5.74) is 6.26. The van der Waals surface area contributed by atoms with E-state index in [1.807, 2.05) is 19.2 Å². The maximum absolute atomic E-state index is 5.17. The molecule has 4 heteroatoms. The highest BCUT2D eigenvalue weighted by molar-refractivity contribution is 5.85. The van der Waals surface area contributed by atoms with Crippen molar-refractivity contribution in [2.75, 3.05) is 0 Å². The fourth-order valence-corrected chi connectivity index (χ4v) is 0.770. The van der Waals surface area contributed by atoms with Gasteiger partial charge in [0.2, 0.25) is 0 Å². The predicted molar refractivity (Wildman–Crippen MR) is 47.6 cm³/mol. The summed E-state index contributed by atoms with van der Waals surface area (Å²) in [5.74, 6) is 0.945. The third kappa shape index (κ3) is 3.09. The van der Waals surface area contributed by atoms with Crippen LogP contribution in [0.3, 0.4) is 0 Å². The van der Waals surface area contributed by atoms with E-state index in [-0.39, 0.29) is 12.4 Å². The Hall–Kier alpha value is -0.960. The molecular weight excluding hydrogens is 162 g/mol. The first kappa shape index (κ1) is 10.0. The standard InChI is InChI=1S/C7H11N3.ClH/c1-6-9-5-7(10-6)3-2-4-8;/h2,4-5H,3,8H2,1H3,(H,9,10);1H. The van der Waals surface area contributed by atoms with Gasteiger partial charge >= 0.3 is 0 Å². The van der Waals surface area contributed by atoms with Crippen LogP contribution in [0.5, 0.6) is 0 Å². The zero-order valence-electron chi connectivity index (χ0n) is 6.37. The molecular formula is C7H12ClN3. The van der Waals surface area contributed by atoms with Crippen LogP contribution in [0.1, 0.15) is 11.5 Å². The van der Waals surface area contributed by atoms with Gasteiger partial charge in [-0.2, -0.15) is 0 Å². The number of aryl methyl sites for hydroxylation is 1. The number of aromatic amines is 1. The minimum atomic E-state index is 0. The largest absolute Gasteiger partial charge is 0.405 e. The monoisotopic (exact) mass is 173 g/mol. The Kier molecular flexibility index (Phi) is 4.38. The molecule has 0 unspecified atom stereocenters. The van der Waals surface area contributed by atoms with Crippen LogP contribution in [-0.4, -0.2) is 9.97 Å². The minimum Gasteiger partial charge on any atom is -0.405 e. The van der Waals surface area contributed by atoms with Crippen LogP contribution in [0, 0.1) is 6.92 Å². The van der Waals surface area contributed by atoms with E-state index in [1.165, 1.54) is 6.20 Å². The summed E-state index contributed by atoms with van der Waals surface area (Å²) in [6, 6.07) is 0. The molecule has 0 aliphatic carbocycles. The molecule has 0 aromatic carbocycles. The number of nitrogens with two attached hydrogens (primary N) is 1. The van der Waals surface area contributed by atoms with Gasteiger partial charge in [-0.3, -0.25) is 0 Å². The van der Waals surface area contributed by atoms with E-state index < -0.39 is 0 Å². The van der Waals surface area contributed by atoms with E-state index in [9.17, 15) is 0 Å². The lowest BCUT2D eigenvalue weighted by atomic mass is 10.3. The van der Waals surface area contributed by atoms with Crippen molar-refractivity contribution in [1.29, 1.82) is 0 Å². The second-order valence-corrected chi connectivity index (χ2v) is 2.13. The quantitative estimate of drug-likeness (QED) is 0.705. The molecule has 1 heterocycles. The fraction of sp³-hybridized carbons (Fsp3) is 0.286. The van der Waals surface area contributed by atoms with Crippen molar-refractivity contribution in [2.24, 2.45) is 5.73 Å². The van der Waals surface area contributed by atoms with Crippen LogP contribution in [0.4, 0.5) is 0 Å². The zero-order valence-corrected chi connectivity index (χ0v) is 7.19. The third-order valence-electron chi connectivity index (χ3n) is 1.23. The molecule has 1 aromatic heterocycles. The highest BCUT2D eigenvalue weighted by Gasteiger charge is 1.91. The molecule has 3 nitrogen and oxygen atoms in total. The van der Waals surface area contributed by atoms with Crippen LogP contribution >= 0.6 is 12.4 Å². The molecule has 0 radical (unpaired) electrons. The van der Waals surface area contributed by atoms with Crippen LogP contribution in [0.2, 0.25) is 0 Å². The third-order valence-corrected chi connectivity index (χ3v) is 1.23.